The molecule has 5 rings (SSSR count). The second-order valence-electron chi connectivity index (χ2n) is 6.10. The molecule has 6 nitrogen and oxygen atoms in total. The Morgan fingerprint density at radius 1 is 1.04 bits per heavy atom. The molecule has 1 aliphatic heterocycles. The molecule has 4 aromatic rings. The summed E-state index contributed by atoms with van der Waals surface area (Å²) in [5.74, 6) is -0.591. The smallest absolute Gasteiger partial charge is 0.291 e. The van der Waals surface area contributed by atoms with E-state index in [-0.39, 0.29) is 23.8 Å². The van der Waals surface area contributed by atoms with Crippen molar-refractivity contribution in [1.82, 2.24) is 14.6 Å². The zero-order chi connectivity index (χ0) is 18.5. The molecule has 0 aliphatic carbocycles. The van der Waals surface area contributed by atoms with Crippen LogP contribution in [0.4, 0.5) is 10.1 Å². The number of anilines is 1. The highest BCUT2D eigenvalue weighted by atomic mass is 32.1. The molecule has 132 valence electrons. The summed E-state index contributed by atoms with van der Waals surface area (Å²) in [5.41, 5.74) is 2.22. The number of amides is 1. The van der Waals surface area contributed by atoms with E-state index >= 15 is 0 Å². The van der Waals surface area contributed by atoms with Crippen LogP contribution in [0.2, 0.25) is 0 Å². The van der Waals surface area contributed by atoms with Gasteiger partial charge in [-0.05, 0) is 23.8 Å². The van der Waals surface area contributed by atoms with Crippen molar-refractivity contribution < 1.29 is 9.18 Å². The number of hydrogen-bond donors (Lipinski definition) is 0. The fourth-order valence-corrected chi connectivity index (χ4v) is 4.23. The molecule has 3 heterocycles. The van der Waals surface area contributed by atoms with Crippen LogP contribution in [0.5, 0.6) is 0 Å². The molecule has 0 unspecified atom stereocenters. The molecule has 0 N–H and O–H groups in total. The lowest BCUT2D eigenvalue weighted by Crippen LogP contribution is -2.32. The maximum absolute atomic E-state index is 13.2. The fourth-order valence-electron chi connectivity index (χ4n) is 3.26. The van der Waals surface area contributed by atoms with Crippen molar-refractivity contribution in [1.29, 1.82) is 0 Å². The zero-order valence-electron chi connectivity index (χ0n) is 13.8. The average molecular weight is 378 g/mol. The molecule has 0 bridgehead atoms. The minimum absolute atomic E-state index is 0.262. The van der Waals surface area contributed by atoms with E-state index < -0.39 is 0 Å². The summed E-state index contributed by atoms with van der Waals surface area (Å²) in [7, 11) is 0. The highest BCUT2D eigenvalue weighted by molar-refractivity contribution is 7.15. The zero-order valence-corrected chi connectivity index (χ0v) is 14.6. The third-order valence-corrected chi connectivity index (χ3v) is 5.54. The number of rotatable bonds is 2. The lowest BCUT2D eigenvalue weighted by molar-refractivity contribution is -0.113. The highest BCUT2D eigenvalue weighted by Crippen LogP contribution is 2.36. The quantitative estimate of drug-likeness (QED) is 0.533. The topological polar surface area (TPSA) is 67.6 Å². The van der Waals surface area contributed by atoms with Gasteiger partial charge in [0.15, 0.2) is 0 Å². The van der Waals surface area contributed by atoms with Crippen LogP contribution in [0.3, 0.4) is 0 Å². The van der Waals surface area contributed by atoms with Crippen LogP contribution >= 0.6 is 11.3 Å². The van der Waals surface area contributed by atoms with Gasteiger partial charge in [-0.25, -0.2) is 9.37 Å². The maximum atomic E-state index is 13.2. The number of aromatic nitrogens is 3. The summed E-state index contributed by atoms with van der Waals surface area (Å²) in [5, 5.41) is 3.92. The van der Waals surface area contributed by atoms with Gasteiger partial charge < -0.3 is 4.90 Å². The standard InChI is InChI=1S/C19H11FN4O2S/c20-12-7-5-11(6-8-12)9-23-14-4-2-1-3-13(14)15(17(23)25)16-18(26)24-19(27-16)21-10-22-24/h1-8,10H,9H2. The number of nitrogens with zero attached hydrogens (tertiary/aromatic N) is 4. The van der Waals surface area contributed by atoms with E-state index in [1.807, 2.05) is 24.3 Å². The van der Waals surface area contributed by atoms with Crippen LogP contribution in [0.1, 0.15) is 11.1 Å². The van der Waals surface area contributed by atoms with Gasteiger partial charge in [-0.1, -0.05) is 41.7 Å². The Bertz CT molecular complexity index is 1310. The number of carbonyl (C=O) groups is 1. The number of fused-ring (bicyclic) bond motifs is 2. The van der Waals surface area contributed by atoms with Gasteiger partial charge in [-0.15, -0.1) is 0 Å². The molecule has 1 aliphatic rings. The molecule has 0 atom stereocenters. The van der Waals surface area contributed by atoms with Gasteiger partial charge in [0.2, 0.25) is 4.96 Å². The first kappa shape index (κ1) is 15.8. The molecule has 1 amide bonds. The molecule has 27 heavy (non-hydrogen) atoms. The lowest BCUT2D eigenvalue weighted by atomic mass is 10.1. The van der Waals surface area contributed by atoms with Crippen molar-refractivity contribution in [2.75, 3.05) is 4.90 Å². The molecule has 0 fully saturated rings. The third-order valence-electron chi connectivity index (χ3n) is 4.50. The van der Waals surface area contributed by atoms with Gasteiger partial charge in [-0.2, -0.15) is 9.61 Å². The van der Waals surface area contributed by atoms with E-state index in [1.54, 1.807) is 17.0 Å². The molecular formula is C19H11FN4O2S. The van der Waals surface area contributed by atoms with Crippen LogP contribution in [-0.2, 0) is 11.3 Å². The van der Waals surface area contributed by atoms with Crippen molar-refractivity contribution in [3.05, 3.63) is 86.7 Å². The van der Waals surface area contributed by atoms with Crippen molar-refractivity contribution in [3.63, 3.8) is 0 Å². The molecule has 0 saturated carbocycles. The lowest BCUT2D eigenvalue weighted by Gasteiger charge is -2.17. The molecule has 0 saturated heterocycles. The summed E-state index contributed by atoms with van der Waals surface area (Å²) in [6.07, 6.45) is 1.31. The minimum atomic E-state index is -0.353. The van der Waals surface area contributed by atoms with E-state index in [0.29, 0.717) is 20.6 Å². The summed E-state index contributed by atoms with van der Waals surface area (Å²) >= 11 is 1.15. The second kappa shape index (κ2) is 5.82. The Hall–Kier alpha value is -3.39. The Morgan fingerprint density at radius 3 is 2.59 bits per heavy atom. The van der Waals surface area contributed by atoms with E-state index in [1.165, 1.54) is 23.0 Å². The summed E-state index contributed by atoms with van der Waals surface area (Å²) < 4.78 is 14.7. The number of para-hydroxylation sites is 1. The first-order valence-electron chi connectivity index (χ1n) is 8.16. The first-order valence-corrected chi connectivity index (χ1v) is 8.97. The van der Waals surface area contributed by atoms with Crippen LogP contribution in [0.25, 0.3) is 10.5 Å². The molecular weight excluding hydrogens is 367 g/mol. The fraction of sp³-hybridized carbons (Fsp3) is 0.0526. The van der Waals surface area contributed by atoms with Crippen molar-refractivity contribution in [3.8, 4) is 0 Å². The van der Waals surface area contributed by atoms with Crippen LogP contribution in [0, 0.1) is 5.82 Å². The van der Waals surface area contributed by atoms with Crippen molar-refractivity contribution in [2.45, 2.75) is 6.54 Å². The van der Waals surface area contributed by atoms with E-state index in [4.69, 9.17) is 0 Å². The molecule has 0 radical (unpaired) electrons. The Kier molecular flexibility index (Phi) is 3.41. The first-order chi connectivity index (χ1) is 13.1. The normalized spacial score (nSPS) is 15.6. The molecule has 8 heteroatoms. The molecule has 2 aromatic heterocycles. The molecule has 0 spiro atoms. The number of carbonyl (C=O) groups excluding carboxylic acids is 1. The number of thiazole rings is 1. The van der Waals surface area contributed by atoms with Gasteiger partial charge >= 0.3 is 0 Å². The number of hydrogen-bond acceptors (Lipinski definition) is 5. The maximum Gasteiger partial charge on any atom is 0.291 e. The highest BCUT2D eigenvalue weighted by Gasteiger charge is 2.34. The van der Waals surface area contributed by atoms with Crippen LogP contribution in [-0.4, -0.2) is 20.5 Å². The Labute approximate surface area is 155 Å². The van der Waals surface area contributed by atoms with Gasteiger partial charge in [-0.3, -0.25) is 9.59 Å². The summed E-state index contributed by atoms with van der Waals surface area (Å²) in [4.78, 5) is 32.0. The van der Waals surface area contributed by atoms with E-state index in [0.717, 1.165) is 22.6 Å². The largest absolute Gasteiger partial charge is 0.303 e. The van der Waals surface area contributed by atoms with Gasteiger partial charge in [0.05, 0.1) is 17.8 Å². The molecule has 2 aromatic carbocycles. The SMILES string of the molecule is O=C1C(=c2sc3ncnn3c2=O)c2ccccc2N1Cc1ccc(F)cc1. The summed E-state index contributed by atoms with van der Waals surface area (Å²) in [6.45, 7) is 0.286. The van der Waals surface area contributed by atoms with Gasteiger partial charge in [0.25, 0.3) is 11.5 Å². The van der Waals surface area contributed by atoms with Gasteiger partial charge in [0, 0.05) is 5.56 Å². The number of benzene rings is 2. The van der Waals surface area contributed by atoms with Gasteiger partial charge in [0.1, 0.15) is 16.7 Å². The predicted molar refractivity (Wildman–Crippen MR) is 98.9 cm³/mol. The predicted octanol–water partition coefficient (Wildman–Crippen LogP) is 1.75. The Morgan fingerprint density at radius 2 is 1.81 bits per heavy atom. The summed E-state index contributed by atoms with van der Waals surface area (Å²) in [6, 6.07) is 13.3. The van der Waals surface area contributed by atoms with Crippen molar-refractivity contribution >= 4 is 33.5 Å². The van der Waals surface area contributed by atoms with Crippen LogP contribution < -0.4 is 15.0 Å². The second-order valence-corrected chi connectivity index (χ2v) is 7.08. The third kappa shape index (κ3) is 2.37. The van der Waals surface area contributed by atoms with Crippen molar-refractivity contribution in [2.24, 2.45) is 0 Å². The number of halogens is 1. The average Bonchev–Trinajstić information content (AvgIpc) is 3.32. The monoisotopic (exact) mass is 378 g/mol. The van der Waals surface area contributed by atoms with Crippen LogP contribution in [0.15, 0.2) is 59.7 Å². The van der Waals surface area contributed by atoms with E-state index in [9.17, 15) is 14.0 Å². The Balaban J connectivity index is 1.71. The minimum Gasteiger partial charge on any atom is -0.303 e. The van der Waals surface area contributed by atoms with E-state index in [2.05, 4.69) is 10.1 Å².